The van der Waals surface area contributed by atoms with Crippen molar-refractivity contribution in [2.45, 2.75) is 39.3 Å². The molecule has 8 heteroatoms. The molecule has 140 valence electrons. The van der Waals surface area contributed by atoms with E-state index < -0.39 is 0 Å². The molecular formula is C19H21N5O2S. The van der Waals surface area contributed by atoms with Gasteiger partial charge in [0.15, 0.2) is 5.82 Å². The zero-order valence-corrected chi connectivity index (χ0v) is 16.1. The highest BCUT2D eigenvalue weighted by Crippen LogP contribution is 2.26. The molecule has 7 nitrogen and oxygen atoms in total. The minimum atomic E-state index is -0.218. The van der Waals surface area contributed by atoms with Crippen LogP contribution in [0.4, 0.5) is 0 Å². The number of carbonyl (C=O) groups excluding carboxylic acids is 1. The van der Waals surface area contributed by atoms with Gasteiger partial charge in [-0.25, -0.2) is 14.9 Å². The van der Waals surface area contributed by atoms with E-state index in [0.29, 0.717) is 31.4 Å². The third-order valence-corrected chi connectivity index (χ3v) is 5.76. The van der Waals surface area contributed by atoms with E-state index in [-0.39, 0.29) is 18.0 Å². The lowest BCUT2D eigenvalue weighted by atomic mass is 10.0. The summed E-state index contributed by atoms with van der Waals surface area (Å²) in [5.74, 6) is 1.10. The molecule has 27 heavy (non-hydrogen) atoms. The van der Waals surface area contributed by atoms with Gasteiger partial charge in [-0.1, -0.05) is 38.1 Å². The Balaban J connectivity index is 1.43. The molecule has 1 aliphatic rings. The minimum Gasteiger partial charge on any atom is -0.333 e. The fourth-order valence-corrected chi connectivity index (χ4v) is 4.01. The first-order valence-electron chi connectivity index (χ1n) is 8.98. The van der Waals surface area contributed by atoms with Crippen LogP contribution in [0.25, 0.3) is 10.6 Å². The van der Waals surface area contributed by atoms with Gasteiger partial charge in [-0.2, -0.15) is 5.10 Å². The summed E-state index contributed by atoms with van der Waals surface area (Å²) in [5, 5.41) is 9.27. The quantitative estimate of drug-likeness (QED) is 0.750. The molecule has 1 aliphatic heterocycles. The Kier molecular flexibility index (Phi) is 4.65. The molecule has 1 N–H and O–H groups in total. The molecule has 0 spiro atoms. The molecule has 1 amide bonds. The summed E-state index contributed by atoms with van der Waals surface area (Å²) < 4.78 is 1.57. The molecule has 0 saturated carbocycles. The third-order valence-electron chi connectivity index (χ3n) is 4.82. The molecule has 1 aromatic carbocycles. The van der Waals surface area contributed by atoms with Crippen molar-refractivity contribution in [1.82, 2.24) is 24.6 Å². The summed E-state index contributed by atoms with van der Waals surface area (Å²) in [5.41, 5.74) is 2.93. The van der Waals surface area contributed by atoms with Crippen LogP contribution in [0.15, 0.2) is 34.4 Å². The molecule has 4 rings (SSSR count). The maximum Gasteiger partial charge on any atom is 0.343 e. The smallest absolute Gasteiger partial charge is 0.333 e. The monoisotopic (exact) mass is 383 g/mol. The molecule has 3 aromatic rings. The number of aromatic nitrogens is 4. The lowest BCUT2D eigenvalue weighted by Gasteiger charge is -2.26. The predicted octanol–water partition coefficient (Wildman–Crippen LogP) is 2.40. The molecule has 0 unspecified atom stereocenters. The predicted molar refractivity (Wildman–Crippen MR) is 104 cm³/mol. The number of carbonyl (C=O) groups is 1. The molecule has 0 atom stereocenters. The summed E-state index contributed by atoms with van der Waals surface area (Å²) in [6.07, 6.45) is 0.259. The maximum atomic E-state index is 12.6. The zero-order chi connectivity index (χ0) is 19.0. The normalized spacial score (nSPS) is 13.8. The lowest BCUT2D eigenvalue weighted by Crippen LogP contribution is -2.41. The Morgan fingerprint density at radius 3 is 2.78 bits per heavy atom. The molecule has 0 saturated heterocycles. The summed E-state index contributed by atoms with van der Waals surface area (Å²) in [6, 6.07) is 8.43. The first-order valence-corrected chi connectivity index (χ1v) is 9.86. The summed E-state index contributed by atoms with van der Waals surface area (Å²) in [4.78, 5) is 30.5. The average Bonchev–Trinajstić information content (AvgIpc) is 3.28. The first kappa shape index (κ1) is 17.7. The highest BCUT2D eigenvalue weighted by Gasteiger charge is 2.24. The number of amides is 1. The zero-order valence-electron chi connectivity index (χ0n) is 15.3. The van der Waals surface area contributed by atoms with Crippen molar-refractivity contribution in [3.63, 3.8) is 0 Å². The highest BCUT2D eigenvalue weighted by atomic mass is 32.1. The van der Waals surface area contributed by atoms with E-state index in [0.717, 1.165) is 16.3 Å². The number of aromatic amines is 1. The van der Waals surface area contributed by atoms with Gasteiger partial charge in [0, 0.05) is 24.0 Å². The number of H-pyrrole nitrogens is 1. The van der Waals surface area contributed by atoms with Crippen molar-refractivity contribution in [1.29, 1.82) is 0 Å². The number of fused-ring (bicyclic) bond motifs is 1. The number of nitrogens with zero attached hydrogens (tertiary/aromatic N) is 4. The Morgan fingerprint density at radius 1 is 1.26 bits per heavy atom. The van der Waals surface area contributed by atoms with Gasteiger partial charge in [-0.15, -0.1) is 11.3 Å². The molecule has 0 bridgehead atoms. The Bertz CT molecular complexity index is 1020. The Labute approximate surface area is 160 Å². The third kappa shape index (κ3) is 3.57. The topological polar surface area (TPSA) is 83.9 Å². The van der Waals surface area contributed by atoms with Crippen LogP contribution < -0.4 is 5.69 Å². The Hall–Kier alpha value is -2.74. The van der Waals surface area contributed by atoms with E-state index in [1.807, 2.05) is 5.38 Å². The van der Waals surface area contributed by atoms with E-state index in [4.69, 9.17) is 0 Å². The number of rotatable bonds is 4. The van der Waals surface area contributed by atoms with E-state index in [1.165, 1.54) is 5.56 Å². The van der Waals surface area contributed by atoms with Gasteiger partial charge < -0.3 is 4.90 Å². The fraction of sp³-hybridized carbons (Fsp3) is 0.368. The molecular weight excluding hydrogens is 362 g/mol. The van der Waals surface area contributed by atoms with Crippen LogP contribution in [0.1, 0.15) is 36.8 Å². The van der Waals surface area contributed by atoms with Gasteiger partial charge in [0.1, 0.15) is 5.01 Å². The van der Waals surface area contributed by atoms with Gasteiger partial charge in [0.25, 0.3) is 0 Å². The van der Waals surface area contributed by atoms with Crippen molar-refractivity contribution in [3.8, 4) is 10.6 Å². The van der Waals surface area contributed by atoms with Gasteiger partial charge in [0.05, 0.1) is 18.7 Å². The summed E-state index contributed by atoms with van der Waals surface area (Å²) in [7, 11) is 0. The average molecular weight is 383 g/mol. The van der Waals surface area contributed by atoms with Gasteiger partial charge in [0.2, 0.25) is 5.91 Å². The van der Waals surface area contributed by atoms with Crippen LogP contribution in [0, 0.1) is 0 Å². The van der Waals surface area contributed by atoms with E-state index in [9.17, 15) is 9.59 Å². The highest BCUT2D eigenvalue weighted by molar-refractivity contribution is 7.13. The number of hydrogen-bond donors (Lipinski definition) is 1. The van der Waals surface area contributed by atoms with Crippen LogP contribution in [0.3, 0.4) is 0 Å². The van der Waals surface area contributed by atoms with Gasteiger partial charge in [-0.05, 0) is 11.5 Å². The minimum absolute atomic E-state index is 0.00343. The summed E-state index contributed by atoms with van der Waals surface area (Å²) >= 11 is 1.55. The van der Waals surface area contributed by atoms with Crippen LogP contribution in [0.5, 0.6) is 0 Å². The molecule has 0 radical (unpaired) electrons. The van der Waals surface area contributed by atoms with Crippen molar-refractivity contribution in [3.05, 3.63) is 57.2 Å². The SMILES string of the molecule is CC(C)c1ccc(-c2nc(CC(=O)N3CCn4c(n[nH]c4=O)C3)cs2)cc1. The van der Waals surface area contributed by atoms with Crippen molar-refractivity contribution in [2.75, 3.05) is 6.54 Å². The second-order valence-corrected chi connectivity index (χ2v) is 7.87. The van der Waals surface area contributed by atoms with E-state index in [1.54, 1.807) is 20.8 Å². The number of nitrogens with one attached hydrogen (secondary N) is 1. The van der Waals surface area contributed by atoms with Gasteiger partial charge in [-0.3, -0.25) is 9.36 Å². The van der Waals surface area contributed by atoms with E-state index >= 15 is 0 Å². The molecule has 2 aromatic heterocycles. The molecule has 0 aliphatic carbocycles. The maximum absolute atomic E-state index is 12.6. The largest absolute Gasteiger partial charge is 0.343 e. The fourth-order valence-electron chi connectivity index (χ4n) is 3.18. The molecule has 3 heterocycles. The number of benzene rings is 1. The van der Waals surface area contributed by atoms with E-state index in [2.05, 4.69) is 53.3 Å². The van der Waals surface area contributed by atoms with Crippen LogP contribution in [-0.4, -0.2) is 37.1 Å². The lowest BCUT2D eigenvalue weighted by molar-refractivity contribution is -0.132. The standard InChI is InChI=1S/C19H21N5O2S/c1-12(2)13-3-5-14(6-4-13)18-20-15(11-27-18)9-17(25)23-7-8-24-16(10-23)21-22-19(24)26/h3-6,11-12H,7-10H2,1-2H3,(H,22,26). The summed E-state index contributed by atoms with van der Waals surface area (Å²) in [6.45, 7) is 5.68. The van der Waals surface area contributed by atoms with Crippen molar-refractivity contribution >= 4 is 17.2 Å². The first-order chi connectivity index (χ1) is 13.0. The Morgan fingerprint density at radius 2 is 2.04 bits per heavy atom. The molecule has 0 fully saturated rings. The second kappa shape index (κ2) is 7.11. The van der Waals surface area contributed by atoms with Crippen LogP contribution in [0.2, 0.25) is 0 Å². The van der Waals surface area contributed by atoms with Crippen molar-refractivity contribution in [2.24, 2.45) is 0 Å². The van der Waals surface area contributed by atoms with Crippen LogP contribution >= 0.6 is 11.3 Å². The van der Waals surface area contributed by atoms with Crippen molar-refractivity contribution < 1.29 is 4.79 Å². The number of thiazole rings is 1. The van der Waals surface area contributed by atoms with Crippen LogP contribution in [-0.2, 0) is 24.3 Å². The second-order valence-electron chi connectivity index (χ2n) is 7.01. The number of hydrogen-bond acceptors (Lipinski definition) is 5. The van der Waals surface area contributed by atoms with Gasteiger partial charge >= 0.3 is 5.69 Å².